The summed E-state index contributed by atoms with van der Waals surface area (Å²) in [4.78, 5) is 14.5. The quantitative estimate of drug-likeness (QED) is 0.652. The van der Waals surface area contributed by atoms with Gasteiger partial charge in [-0.05, 0) is 20.3 Å². The van der Waals surface area contributed by atoms with E-state index in [9.17, 15) is 0 Å². The number of fused-ring (bicyclic) bond motifs is 1. The SMILES string of the molecule is CCNC(=NCc1ncc(C)s1)NC1CCc2ncnn2C1. The van der Waals surface area contributed by atoms with Gasteiger partial charge in [0.05, 0.1) is 13.1 Å². The molecule has 8 heteroatoms. The Morgan fingerprint density at radius 2 is 2.41 bits per heavy atom. The van der Waals surface area contributed by atoms with Crippen molar-refractivity contribution >= 4 is 17.3 Å². The molecule has 0 saturated heterocycles. The van der Waals surface area contributed by atoms with Crippen molar-refractivity contribution in [3.05, 3.63) is 28.2 Å². The minimum absolute atomic E-state index is 0.324. The molecule has 0 radical (unpaired) electrons. The van der Waals surface area contributed by atoms with E-state index in [1.54, 1.807) is 17.7 Å². The second-order valence-corrected chi connectivity index (χ2v) is 6.62. The first kappa shape index (κ1) is 15.0. The minimum atomic E-state index is 0.324. The van der Waals surface area contributed by atoms with Crippen molar-refractivity contribution in [1.29, 1.82) is 0 Å². The van der Waals surface area contributed by atoms with Gasteiger partial charge in [0.15, 0.2) is 5.96 Å². The van der Waals surface area contributed by atoms with Crippen LogP contribution in [0.3, 0.4) is 0 Å². The average molecular weight is 319 g/mol. The van der Waals surface area contributed by atoms with Crippen LogP contribution in [-0.2, 0) is 19.5 Å². The van der Waals surface area contributed by atoms with Crippen molar-refractivity contribution in [2.45, 2.75) is 45.8 Å². The molecule has 2 aromatic heterocycles. The summed E-state index contributed by atoms with van der Waals surface area (Å²) in [6.45, 7) is 6.41. The molecule has 0 aromatic carbocycles. The van der Waals surface area contributed by atoms with Gasteiger partial charge in [0.1, 0.15) is 17.2 Å². The largest absolute Gasteiger partial charge is 0.357 e. The Morgan fingerprint density at radius 1 is 1.50 bits per heavy atom. The Kier molecular flexibility index (Phi) is 4.67. The van der Waals surface area contributed by atoms with Gasteiger partial charge < -0.3 is 10.6 Å². The predicted octanol–water partition coefficient (Wildman–Crippen LogP) is 1.11. The Bertz CT molecular complexity index is 645. The number of nitrogens with one attached hydrogen (secondary N) is 2. The lowest BCUT2D eigenvalue weighted by Crippen LogP contribution is -2.47. The zero-order valence-corrected chi connectivity index (χ0v) is 13.7. The maximum atomic E-state index is 4.63. The molecule has 0 fully saturated rings. The summed E-state index contributed by atoms with van der Waals surface area (Å²) < 4.78 is 1.97. The van der Waals surface area contributed by atoms with Crippen molar-refractivity contribution in [3.8, 4) is 0 Å². The van der Waals surface area contributed by atoms with Gasteiger partial charge in [-0.1, -0.05) is 0 Å². The van der Waals surface area contributed by atoms with Crippen molar-refractivity contribution in [2.75, 3.05) is 6.54 Å². The molecule has 0 aliphatic carbocycles. The Balaban J connectivity index is 1.62. The van der Waals surface area contributed by atoms with E-state index in [1.165, 1.54) is 4.88 Å². The predicted molar refractivity (Wildman–Crippen MR) is 86.9 cm³/mol. The summed E-state index contributed by atoms with van der Waals surface area (Å²) in [5.74, 6) is 1.90. The third-order valence-electron chi connectivity index (χ3n) is 3.53. The minimum Gasteiger partial charge on any atom is -0.357 e. The zero-order valence-electron chi connectivity index (χ0n) is 12.9. The summed E-state index contributed by atoms with van der Waals surface area (Å²) in [7, 11) is 0. The van der Waals surface area contributed by atoms with E-state index in [0.29, 0.717) is 12.6 Å². The van der Waals surface area contributed by atoms with Gasteiger partial charge in [0.25, 0.3) is 0 Å². The Hall–Kier alpha value is -1.96. The number of hydrogen-bond donors (Lipinski definition) is 2. The second-order valence-electron chi connectivity index (χ2n) is 5.30. The van der Waals surface area contributed by atoms with Crippen LogP contribution < -0.4 is 10.6 Å². The number of hydrogen-bond acceptors (Lipinski definition) is 5. The van der Waals surface area contributed by atoms with Crippen LogP contribution in [0.5, 0.6) is 0 Å². The van der Waals surface area contributed by atoms with Crippen molar-refractivity contribution in [2.24, 2.45) is 4.99 Å². The molecule has 3 heterocycles. The number of nitrogens with zero attached hydrogens (tertiary/aromatic N) is 5. The van der Waals surface area contributed by atoms with Crippen LogP contribution in [0.15, 0.2) is 17.5 Å². The number of thiazole rings is 1. The number of guanidine groups is 1. The topological polar surface area (TPSA) is 80.0 Å². The summed E-state index contributed by atoms with van der Waals surface area (Å²) in [6.07, 6.45) is 5.51. The second kappa shape index (κ2) is 6.87. The first-order chi connectivity index (χ1) is 10.7. The molecule has 2 aromatic rings. The summed E-state index contributed by atoms with van der Waals surface area (Å²) >= 11 is 1.69. The molecule has 0 bridgehead atoms. The smallest absolute Gasteiger partial charge is 0.191 e. The van der Waals surface area contributed by atoms with Crippen LogP contribution in [0.1, 0.15) is 29.1 Å². The van der Waals surface area contributed by atoms with Gasteiger partial charge >= 0.3 is 0 Å². The van der Waals surface area contributed by atoms with Crippen LogP contribution in [0.25, 0.3) is 0 Å². The molecule has 118 valence electrons. The maximum Gasteiger partial charge on any atom is 0.191 e. The molecule has 22 heavy (non-hydrogen) atoms. The summed E-state index contributed by atoms with van der Waals surface area (Å²) in [5, 5.41) is 12.1. The van der Waals surface area contributed by atoms with E-state index in [1.807, 2.05) is 10.9 Å². The summed E-state index contributed by atoms with van der Waals surface area (Å²) in [6, 6.07) is 0.324. The third kappa shape index (κ3) is 3.62. The van der Waals surface area contributed by atoms with Crippen molar-refractivity contribution < 1.29 is 0 Å². The van der Waals surface area contributed by atoms with E-state index in [2.05, 4.69) is 44.5 Å². The molecule has 2 N–H and O–H groups in total. The molecule has 0 saturated carbocycles. The zero-order chi connectivity index (χ0) is 15.4. The monoisotopic (exact) mass is 319 g/mol. The molecule has 1 aliphatic rings. The standard InChI is InChI=1S/C14H21N7S/c1-3-15-14(17-7-13-16-6-10(2)22-13)20-11-4-5-12-18-9-19-21(12)8-11/h6,9,11H,3-5,7-8H2,1-2H3,(H2,15,17,20). The van der Waals surface area contributed by atoms with Crippen LogP contribution >= 0.6 is 11.3 Å². The van der Waals surface area contributed by atoms with Crippen LogP contribution in [0, 0.1) is 6.92 Å². The number of aliphatic imine (C=N–C) groups is 1. The van der Waals surface area contributed by atoms with Gasteiger partial charge in [0.2, 0.25) is 0 Å². The number of aromatic nitrogens is 4. The summed E-state index contributed by atoms with van der Waals surface area (Å²) in [5.41, 5.74) is 0. The first-order valence-electron chi connectivity index (χ1n) is 7.57. The fourth-order valence-corrected chi connectivity index (χ4v) is 3.20. The highest BCUT2D eigenvalue weighted by molar-refractivity contribution is 7.11. The fourth-order valence-electron chi connectivity index (χ4n) is 2.49. The highest BCUT2D eigenvalue weighted by atomic mass is 32.1. The van der Waals surface area contributed by atoms with Crippen LogP contribution in [-0.4, -0.2) is 38.3 Å². The van der Waals surface area contributed by atoms with Gasteiger partial charge in [-0.25, -0.2) is 19.6 Å². The maximum absolute atomic E-state index is 4.63. The van der Waals surface area contributed by atoms with Crippen LogP contribution in [0.4, 0.5) is 0 Å². The average Bonchev–Trinajstić information content (AvgIpc) is 3.13. The highest BCUT2D eigenvalue weighted by Crippen LogP contribution is 2.13. The lowest BCUT2D eigenvalue weighted by molar-refractivity contribution is 0.392. The molecule has 1 unspecified atom stereocenters. The highest BCUT2D eigenvalue weighted by Gasteiger charge is 2.20. The van der Waals surface area contributed by atoms with E-state index < -0.39 is 0 Å². The van der Waals surface area contributed by atoms with Gasteiger partial charge in [-0.15, -0.1) is 11.3 Å². The number of aryl methyl sites for hydroxylation is 2. The van der Waals surface area contributed by atoms with Gasteiger partial charge in [-0.3, -0.25) is 0 Å². The Labute approximate surface area is 133 Å². The molecule has 7 nitrogen and oxygen atoms in total. The van der Waals surface area contributed by atoms with Crippen molar-refractivity contribution in [1.82, 2.24) is 30.4 Å². The van der Waals surface area contributed by atoms with Crippen LogP contribution in [0.2, 0.25) is 0 Å². The molecule has 0 amide bonds. The molecule has 1 atom stereocenters. The Morgan fingerprint density at radius 3 is 3.18 bits per heavy atom. The number of rotatable bonds is 4. The van der Waals surface area contributed by atoms with E-state index in [-0.39, 0.29) is 0 Å². The lowest BCUT2D eigenvalue weighted by Gasteiger charge is -2.25. The van der Waals surface area contributed by atoms with E-state index >= 15 is 0 Å². The molecule has 0 spiro atoms. The first-order valence-corrected chi connectivity index (χ1v) is 8.39. The van der Waals surface area contributed by atoms with Gasteiger partial charge in [0, 0.05) is 30.1 Å². The lowest BCUT2D eigenvalue weighted by atomic mass is 10.1. The van der Waals surface area contributed by atoms with E-state index in [4.69, 9.17) is 0 Å². The van der Waals surface area contributed by atoms with Crippen molar-refractivity contribution in [3.63, 3.8) is 0 Å². The molecule has 1 aliphatic heterocycles. The third-order valence-corrected chi connectivity index (χ3v) is 4.43. The normalized spacial score (nSPS) is 18.1. The molecule has 3 rings (SSSR count). The van der Waals surface area contributed by atoms with Gasteiger partial charge in [-0.2, -0.15) is 5.10 Å². The molecular formula is C14H21N7S. The van der Waals surface area contributed by atoms with E-state index in [0.717, 1.165) is 42.7 Å². The molecular weight excluding hydrogens is 298 g/mol. The fraction of sp³-hybridized carbons (Fsp3) is 0.571.